The average Bonchev–Trinajstić information content (AvgIpc) is 2.84. The highest BCUT2D eigenvalue weighted by Crippen LogP contribution is 2.20. The van der Waals surface area contributed by atoms with Gasteiger partial charge in [-0.3, -0.25) is 4.68 Å². The van der Waals surface area contributed by atoms with E-state index in [1.165, 1.54) is 4.68 Å². The van der Waals surface area contributed by atoms with Gasteiger partial charge in [-0.1, -0.05) is 30.3 Å². The van der Waals surface area contributed by atoms with Gasteiger partial charge in [0.25, 0.3) is 0 Å². The topological polar surface area (TPSA) is 92.4 Å². The maximum atomic E-state index is 11.1. The van der Waals surface area contributed by atoms with E-state index in [4.69, 9.17) is 10.2 Å². The van der Waals surface area contributed by atoms with Crippen molar-refractivity contribution in [2.45, 2.75) is 13.0 Å². The molecule has 19 heavy (non-hydrogen) atoms. The number of rotatable bonds is 4. The third-order valence-corrected chi connectivity index (χ3v) is 2.82. The molecule has 0 saturated carbocycles. The Morgan fingerprint density at radius 3 is 2.32 bits per heavy atom. The maximum absolute atomic E-state index is 11.1. The normalized spacial score (nSPS) is 12.1. The standard InChI is InChI=1S/C13H12N2O4/c1-8(9-5-3-2-4-6-9)15-11(13(18)19)7-10(14-15)12(16)17/h2-8H,1H3,(H,16,17)(H,18,19)/t8-/m0/s1. The first-order chi connectivity index (χ1) is 9.00. The molecule has 98 valence electrons. The summed E-state index contributed by atoms with van der Waals surface area (Å²) in [6.07, 6.45) is 0. The minimum absolute atomic E-state index is 0.145. The molecule has 1 atom stereocenters. The molecule has 6 heteroatoms. The molecule has 0 aliphatic heterocycles. The van der Waals surface area contributed by atoms with Crippen LogP contribution in [0, 0.1) is 0 Å². The summed E-state index contributed by atoms with van der Waals surface area (Å²) in [6.45, 7) is 1.76. The highest BCUT2D eigenvalue weighted by molar-refractivity contribution is 5.91. The van der Waals surface area contributed by atoms with E-state index in [-0.39, 0.29) is 17.4 Å². The van der Waals surface area contributed by atoms with E-state index in [0.717, 1.165) is 11.6 Å². The fraction of sp³-hybridized carbons (Fsp3) is 0.154. The van der Waals surface area contributed by atoms with E-state index in [1.807, 2.05) is 30.3 Å². The molecule has 2 N–H and O–H groups in total. The van der Waals surface area contributed by atoms with Gasteiger partial charge in [-0.15, -0.1) is 0 Å². The highest BCUT2D eigenvalue weighted by atomic mass is 16.4. The van der Waals surface area contributed by atoms with Gasteiger partial charge in [-0.2, -0.15) is 5.10 Å². The predicted octanol–water partition coefficient (Wildman–Crippen LogP) is 1.89. The summed E-state index contributed by atoms with van der Waals surface area (Å²) in [7, 11) is 0. The molecule has 2 aromatic rings. The van der Waals surface area contributed by atoms with Crippen LogP contribution in [0.3, 0.4) is 0 Å². The summed E-state index contributed by atoms with van der Waals surface area (Å²) in [4.78, 5) is 22.0. The zero-order valence-electron chi connectivity index (χ0n) is 10.1. The third kappa shape index (κ3) is 2.47. The van der Waals surface area contributed by atoms with Gasteiger partial charge in [0.05, 0.1) is 6.04 Å². The van der Waals surface area contributed by atoms with E-state index < -0.39 is 11.9 Å². The molecule has 0 saturated heterocycles. The predicted molar refractivity (Wildman–Crippen MR) is 66.4 cm³/mol. The summed E-state index contributed by atoms with van der Waals surface area (Å²) in [5.74, 6) is -2.45. The van der Waals surface area contributed by atoms with Crippen molar-refractivity contribution < 1.29 is 19.8 Å². The third-order valence-electron chi connectivity index (χ3n) is 2.82. The van der Waals surface area contributed by atoms with Gasteiger partial charge in [0, 0.05) is 6.07 Å². The van der Waals surface area contributed by atoms with Crippen molar-refractivity contribution in [1.29, 1.82) is 0 Å². The first-order valence-electron chi connectivity index (χ1n) is 5.61. The van der Waals surface area contributed by atoms with Gasteiger partial charge in [-0.05, 0) is 12.5 Å². The quantitative estimate of drug-likeness (QED) is 0.875. The van der Waals surface area contributed by atoms with Crippen LogP contribution in [0.1, 0.15) is 39.5 Å². The largest absolute Gasteiger partial charge is 0.477 e. The van der Waals surface area contributed by atoms with Crippen molar-refractivity contribution in [3.63, 3.8) is 0 Å². The first-order valence-corrected chi connectivity index (χ1v) is 5.61. The minimum atomic E-state index is -1.25. The molecule has 0 unspecified atom stereocenters. The Morgan fingerprint density at radius 1 is 1.16 bits per heavy atom. The van der Waals surface area contributed by atoms with Crippen LogP contribution in [-0.2, 0) is 0 Å². The van der Waals surface area contributed by atoms with Crippen LogP contribution in [0.25, 0.3) is 0 Å². The average molecular weight is 260 g/mol. The zero-order valence-corrected chi connectivity index (χ0v) is 10.1. The maximum Gasteiger partial charge on any atom is 0.356 e. The van der Waals surface area contributed by atoms with Crippen molar-refractivity contribution in [2.24, 2.45) is 0 Å². The number of carboxylic acid groups (broad SMARTS) is 2. The molecule has 1 heterocycles. The van der Waals surface area contributed by atoms with E-state index in [0.29, 0.717) is 0 Å². The number of benzene rings is 1. The number of carboxylic acids is 2. The second kappa shape index (κ2) is 4.93. The summed E-state index contributed by atoms with van der Waals surface area (Å²) >= 11 is 0. The van der Waals surface area contributed by atoms with Crippen LogP contribution in [0.2, 0.25) is 0 Å². The summed E-state index contributed by atoms with van der Waals surface area (Å²) in [5, 5.41) is 21.8. The second-order valence-electron chi connectivity index (χ2n) is 4.06. The molecule has 0 aliphatic carbocycles. The second-order valence-corrected chi connectivity index (χ2v) is 4.06. The number of aromatic nitrogens is 2. The number of aromatic carboxylic acids is 2. The number of nitrogens with zero attached hydrogens (tertiary/aromatic N) is 2. The van der Waals surface area contributed by atoms with Gasteiger partial charge in [-0.25, -0.2) is 9.59 Å². The fourth-order valence-corrected chi connectivity index (χ4v) is 1.83. The Kier molecular flexibility index (Phi) is 3.33. The molecule has 0 bridgehead atoms. The number of hydrogen-bond donors (Lipinski definition) is 2. The Labute approximate surface area is 108 Å². The lowest BCUT2D eigenvalue weighted by Crippen LogP contribution is -2.15. The Balaban J connectivity index is 2.49. The molecular formula is C13H12N2O4. The van der Waals surface area contributed by atoms with Crippen molar-refractivity contribution in [2.75, 3.05) is 0 Å². The molecule has 6 nitrogen and oxygen atoms in total. The van der Waals surface area contributed by atoms with Gasteiger partial charge < -0.3 is 10.2 Å². The molecule has 1 aromatic heterocycles. The molecule has 0 aliphatic rings. The van der Waals surface area contributed by atoms with Crippen LogP contribution in [0.5, 0.6) is 0 Å². The van der Waals surface area contributed by atoms with Gasteiger partial charge in [0.1, 0.15) is 5.69 Å². The van der Waals surface area contributed by atoms with Crippen LogP contribution < -0.4 is 0 Å². The minimum Gasteiger partial charge on any atom is -0.477 e. The SMILES string of the molecule is C[C@@H](c1ccccc1)n1nc(C(=O)O)cc1C(=O)O. The Bertz CT molecular complexity index is 619. The molecule has 0 spiro atoms. The summed E-state index contributed by atoms with van der Waals surface area (Å²) in [6, 6.07) is 9.86. The van der Waals surface area contributed by atoms with Crippen molar-refractivity contribution in [3.8, 4) is 0 Å². The van der Waals surface area contributed by atoms with Gasteiger partial charge in [0.15, 0.2) is 5.69 Å². The van der Waals surface area contributed by atoms with Gasteiger partial charge in [0.2, 0.25) is 0 Å². The van der Waals surface area contributed by atoms with Gasteiger partial charge >= 0.3 is 11.9 Å². The van der Waals surface area contributed by atoms with Crippen LogP contribution in [-0.4, -0.2) is 31.9 Å². The Hall–Kier alpha value is -2.63. The number of carbonyl (C=O) groups is 2. The molecule has 0 radical (unpaired) electrons. The summed E-state index contributed by atoms with van der Waals surface area (Å²) in [5.41, 5.74) is 0.430. The molecular weight excluding hydrogens is 248 g/mol. The van der Waals surface area contributed by atoms with E-state index in [2.05, 4.69) is 5.10 Å². The van der Waals surface area contributed by atoms with Crippen molar-refractivity contribution in [3.05, 3.63) is 53.3 Å². The van der Waals surface area contributed by atoms with E-state index in [9.17, 15) is 9.59 Å². The number of hydrogen-bond acceptors (Lipinski definition) is 3. The lowest BCUT2D eigenvalue weighted by atomic mass is 10.1. The Morgan fingerprint density at radius 2 is 1.79 bits per heavy atom. The van der Waals surface area contributed by atoms with Crippen molar-refractivity contribution in [1.82, 2.24) is 9.78 Å². The smallest absolute Gasteiger partial charge is 0.356 e. The zero-order chi connectivity index (χ0) is 14.0. The van der Waals surface area contributed by atoms with E-state index >= 15 is 0 Å². The van der Waals surface area contributed by atoms with Crippen molar-refractivity contribution >= 4 is 11.9 Å². The molecule has 1 aromatic carbocycles. The van der Waals surface area contributed by atoms with Crippen LogP contribution in [0.15, 0.2) is 36.4 Å². The molecule has 0 amide bonds. The lowest BCUT2D eigenvalue weighted by Gasteiger charge is -2.14. The molecule has 2 rings (SSSR count). The van der Waals surface area contributed by atoms with E-state index in [1.54, 1.807) is 6.92 Å². The monoisotopic (exact) mass is 260 g/mol. The van der Waals surface area contributed by atoms with Crippen LogP contribution >= 0.6 is 0 Å². The molecule has 0 fully saturated rings. The summed E-state index contributed by atoms with van der Waals surface area (Å²) < 4.78 is 1.21. The first kappa shape index (κ1) is 12.8. The lowest BCUT2D eigenvalue weighted by molar-refractivity contribution is 0.0674. The fourth-order valence-electron chi connectivity index (χ4n) is 1.83. The van der Waals surface area contributed by atoms with Crippen LogP contribution in [0.4, 0.5) is 0 Å². The highest BCUT2D eigenvalue weighted by Gasteiger charge is 2.21.